The zero-order chi connectivity index (χ0) is 21.3. The van der Waals surface area contributed by atoms with Gasteiger partial charge < -0.3 is 14.7 Å². The number of halogens is 1. The van der Waals surface area contributed by atoms with Gasteiger partial charge in [0.25, 0.3) is 0 Å². The van der Waals surface area contributed by atoms with Gasteiger partial charge in [-0.3, -0.25) is 0 Å². The van der Waals surface area contributed by atoms with E-state index in [0.717, 1.165) is 40.1 Å². The zero-order valence-corrected chi connectivity index (χ0v) is 18.3. The van der Waals surface area contributed by atoms with Crippen molar-refractivity contribution in [1.29, 1.82) is 0 Å². The van der Waals surface area contributed by atoms with Crippen LogP contribution in [0.25, 0.3) is 11.1 Å². The number of nitrogens with zero attached hydrogens (tertiary/aromatic N) is 1. The summed E-state index contributed by atoms with van der Waals surface area (Å²) in [6.07, 6.45) is 0.549. The molecular formula is C26H28ClNO2. The maximum atomic E-state index is 9.80. The average Bonchev–Trinajstić information content (AvgIpc) is 2.76. The van der Waals surface area contributed by atoms with E-state index in [1.165, 1.54) is 0 Å². The molecule has 0 radical (unpaired) electrons. The minimum atomic E-state index is 0.0695. The molecule has 1 N–H and O–H groups in total. The van der Waals surface area contributed by atoms with Crippen LogP contribution in [0.4, 0.5) is 0 Å². The molecule has 0 saturated carbocycles. The van der Waals surface area contributed by atoms with Crippen LogP contribution in [-0.2, 0) is 0 Å². The summed E-state index contributed by atoms with van der Waals surface area (Å²) in [5.74, 6) is 0.850. The quantitative estimate of drug-likeness (QED) is 0.455. The summed E-state index contributed by atoms with van der Waals surface area (Å²) in [5, 5.41) is 10.5. The van der Waals surface area contributed by atoms with Crippen LogP contribution in [0.5, 0.6) is 5.75 Å². The second-order valence-electron chi connectivity index (χ2n) is 7.38. The summed E-state index contributed by atoms with van der Waals surface area (Å²) in [4.78, 5) is 2.10. The number of hydrogen-bond acceptors (Lipinski definition) is 3. The Balaban J connectivity index is 2.04. The number of rotatable bonds is 9. The van der Waals surface area contributed by atoms with Crippen LogP contribution in [0.1, 0.15) is 23.1 Å². The standard InChI is InChI=1S/C26H28ClNO2/c1-28(2)17-19-30-24-14-10-22(11-15-24)26(21-6-4-3-5-7-21)25(16-18-29)20-8-12-23(27)13-9-20/h3-15,29H,16-19H2,1-2H3/b26-25+. The average molecular weight is 422 g/mol. The Labute approximate surface area is 184 Å². The van der Waals surface area contributed by atoms with Gasteiger partial charge in [0, 0.05) is 18.2 Å². The maximum absolute atomic E-state index is 9.80. The van der Waals surface area contributed by atoms with Crippen molar-refractivity contribution in [2.75, 3.05) is 33.9 Å². The molecule has 156 valence electrons. The predicted molar refractivity (Wildman–Crippen MR) is 126 cm³/mol. The molecule has 3 aromatic carbocycles. The molecule has 3 rings (SSSR count). The van der Waals surface area contributed by atoms with E-state index >= 15 is 0 Å². The third kappa shape index (κ3) is 5.96. The predicted octanol–water partition coefficient (Wildman–Crippen LogP) is 5.62. The first-order chi connectivity index (χ1) is 14.6. The first kappa shape index (κ1) is 22.1. The molecule has 0 fully saturated rings. The first-order valence-electron chi connectivity index (χ1n) is 10.1. The van der Waals surface area contributed by atoms with Gasteiger partial charge in [-0.25, -0.2) is 0 Å². The van der Waals surface area contributed by atoms with Crippen molar-refractivity contribution < 1.29 is 9.84 Å². The van der Waals surface area contributed by atoms with Crippen LogP contribution in [0.3, 0.4) is 0 Å². The van der Waals surface area contributed by atoms with Gasteiger partial charge in [0.2, 0.25) is 0 Å². The Morgan fingerprint density at radius 3 is 2.03 bits per heavy atom. The number of likely N-dealkylation sites (N-methyl/N-ethyl adjacent to an activating group) is 1. The van der Waals surface area contributed by atoms with E-state index in [1.54, 1.807) is 0 Å². The summed E-state index contributed by atoms with van der Waals surface area (Å²) < 4.78 is 5.85. The Hall–Kier alpha value is -2.59. The zero-order valence-electron chi connectivity index (χ0n) is 17.5. The second kappa shape index (κ2) is 11.0. The minimum Gasteiger partial charge on any atom is -0.492 e. The van der Waals surface area contributed by atoms with E-state index in [1.807, 2.05) is 68.7 Å². The topological polar surface area (TPSA) is 32.7 Å². The Bertz CT molecular complexity index is 949. The lowest BCUT2D eigenvalue weighted by Gasteiger charge is -2.17. The Morgan fingerprint density at radius 1 is 0.833 bits per heavy atom. The van der Waals surface area contributed by atoms with Gasteiger partial charge in [-0.05, 0) is 72.6 Å². The largest absolute Gasteiger partial charge is 0.492 e. The molecule has 0 amide bonds. The Kier molecular flexibility index (Phi) is 8.09. The lowest BCUT2D eigenvalue weighted by molar-refractivity contribution is 0.261. The highest BCUT2D eigenvalue weighted by Crippen LogP contribution is 2.35. The number of benzene rings is 3. The lowest BCUT2D eigenvalue weighted by atomic mass is 9.88. The molecule has 0 unspecified atom stereocenters. The van der Waals surface area contributed by atoms with E-state index in [0.29, 0.717) is 18.1 Å². The van der Waals surface area contributed by atoms with Crippen molar-refractivity contribution >= 4 is 22.7 Å². The molecule has 3 aromatic rings. The highest BCUT2D eigenvalue weighted by atomic mass is 35.5. The molecule has 0 aliphatic rings. The monoisotopic (exact) mass is 421 g/mol. The first-order valence-corrected chi connectivity index (χ1v) is 10.5. The number of hydrogen-bond donors (Lipinski definition) is 1. The number of aliphatic hydroxyl groups excluding tert-OH is 1. The van der Waals surface area contributed by atoms with Crippen LogP contribution in [0, 0.1) is 0 Å². The van der Waals surface area contributed by atoms with Gasteiger partial charge in [-0.15, -0.1) is 0 Å². The summed E-state index contributed by atoms with van der Waals surface area (Å²) in [7, 11) is 4.06. The van der Waals surface area contributed by atoms with E-state index in [2.05, 4.69) is 29.2 Å². The van der Waals surface area contributed by atoms with Gasteiger partial charge in [0.05, 0.1) is 0 Å². The summed E-state index contributed by atoms with van der Waals surface area (Å²) in [6.45, 7) is 1.59. The Morgan fingerprint density at radius 2 is 1.43 bits per heavy atom. The molecule has 0 aromatic heterocycles. The molecule has 3 nitrogen and oxygen atoms in total. The van der Waals surface area contributed by atoms with Crippen molar-refractivity contribution in [3.8, 4) is 5.75 Å². The van der Waals surface area contributed by atoms with Crippen LogP contribution in [0.15, 0.2) is 78.9 Å². The fraction of sp³-hybridized carbons (Fsp3) is 0.231. The van der Waals surface area contributed by atoms with Gasteiger partial charge in [-0.1, -0.05) is 66.2 Å². The smallest absolute Gasteiger partial charge is 0.119 e. The maximum Gasteiger partial charge on any atom is 0.119 e. The van der Waals surface area contributed by atoms with Crippen molar-refractivity contribution in [1.82, 2.24) is 4.90 Å². The van der Waals surface area contributed by atoms with Crippen molar-refractivity contribution in [3.63, 3.8) is 0 Å². The van der Waals surface area contributed by atoms with Gasteiger partial charge in [0.1, 0.15) is 12.4 Å². The van der Waals surface area contributed by atoms with E-state index in [9.17, 15) is 5.11 Å². The number of aliphatic hydroxyl groups is 1. The third-order valence-corrected chi connectivity index (χ3v) is 5.12. The van der Waals surface area contributed by atoms with Gasteiger partial charge in [-0.2, -0.15) is 0 Å². The summed E-state index contributed by atoms with van der Waals surface area (Å²) in [5.41, 5.74) is 5.43. The van der Waals surface area contributed by atoms with Gasteiger partial charge in [0.15, 0.2) is 0 Å². The molecule has 30 heavy (non-hydrogen) atoms. The SMILES string of the molecule is CN(C)CCOc1ccc(/C(=C(\CCO)c2ccc(Cl)cc2)c2ccccc2)cc1. The van der Waals surface area contributed by atoms with Crippen molar-refractivity contribution in [3.05, 3.63) is 101 Å². The molecular weight excluding hydrogens is 394 g/mol. The fourth-order valence-electron chi connectivity index (χ4n) is 3.36. The second-order valence-corrected chi connectivity index (χ2v) is 7.81. The van der Waals surface area contributed by atoms with E-state index in [4.69, 9.17) is 16.3 Å². The molecule has 0 spiro atoms. The molecule has 0 atom stereocenters. The normalized spacial score (nSPS) is 12.0. The van der Waals surface area contributed by atoms with E-state index < -0.39 is 0 Å². The third-order valence-electron chi connectivity index (χ3n) is 4.87. The molecule has 0 saturated heterocycles. The molecule has 4 heteroatoms. The molecule has 0 aliphatic carbocycles. The molecule has 0 bridgehead atoms. The fourth-order valence-corrected chi connectivity index (χ4v) is 3.49. The van der Waals surface area contributed by atoms with Crippen LogP contribution in [0.2, 0.25) is 5.02 Å². The summed E-state index contributed by atoms with van der Waals surface area (Å²) in [6, 6.07) is 26.3. The van der Waals surface area contributed by atoms with Crippen LogP contribution >= 0.6 is 11.6 Å². The van der Waals surface area contributed by atoms with E-state index in [-0.39, 0.29) is 6.61 Å². The van der Waals surface area contributed by atoms with Gasteiger partial charge >= 0.3 is 0 Å². The highest BCUT2D eigenvalue weighted by molar-refractivity contribution is 6.30. The summed E-state index contributed by atoms with van der Waals surface area (Å²) >= 11 is 6.10. The molecule has 0 aliphatic heterocycles. The number of ether oxygens (including phenoxy) is 1. The highest BCUT2D eigenvalue weighted by Gasteiger charge is 2.14. The van der Waals surface area contributed by atoms with Crippen LogP contribution < -0.4 is 4.74 Å². The minimum absolute atomic E-state index is 0.0695. The van der Waals surface area contributed by atoms with Crippen LogP contribution in [-0.4, -0.2) is 43.9 Å². The lowest BCUT2D eigenvalue weighted by Crippen LogP contribution is -2.19. The van der Waals surface area contributed by atoms with Crippen molar-refractivity contribution in [2.24, 2.45) is 0 Å². The van der Waals surface area contributed by atoms with Crippen molar-refractivity contribution in [2.45, 2.75) is 6.42 Å². The molecule has 0 heterocycles.